The SMILES string of the molecule is COc1ccc(-c2nc3cc(-c4ccc(F)cc4F)ccc3o2)cc1[N+](=O)[O-]. The van der Waals surface area contributed by atoms with E-state index < -0.39 is 16.6 Å². The van der Waals surface area contributed by atoms with Crippen LogP contribution in [0.2, 0.25) is 0 Å². The number of benzene rings is 3. The van der Waals surface area contributed by atoms with Crippen LogP contribution in [0.5, 0.6) is 5.75 Å². The van der Waals surface area contributed by atoms with Gasteiger partial charge in [0.2, 0.25) is 5.89 Å². The molecule has 4 aromatic rings. The molecule has 0 N–H and O–H groups in total. The van der Waals surface area contributed by atoms with Crippen LogP contribution < -0.4 is 4.74 Å². The number of nitro groups is 1. The number of halogens is 2. The van der Waals surface area contributed by atoms with Crippen LogP contribution in [0.4, 0.5) is 14.5 Å². The molecule has 0 amide bonds. The van der Waals surface area contributed by atoms with Crippen LogP contribution in [0.15, 0.2) is 59.0 Å². The summed E-state index contributed by atoms with van der Waals surface area (Å²) in [5.74, 6) is -1.04. The van der Waals surface area contributed by atoms with E-state index in [1.807, 2.05) is 0 Å². The molecule has 0 unspecified atom stereocenters. The van der Waals surface area contributed by atoms with Crippen molar-refractivity contribution in [3.63, 3.8) is 0 Å². The molecule has 28 heavy (non-hydrogen) atoms. The van der Waals surface area contributed by atoms with Crippen molar-refractivity contribution in [2.75, 3.05) is 7.11 Å². The van der Waals surface area contributed by atoms with Crippen LogP contribution in [0.1, 0.15) is 0 Å². The number of nitrogens with zero attached hydrogens (tertiary/aromatic N) is 2. The van der Waals surface area contributed by atoms with Gasteiger partial charge < -0.3 is 9.15 Å². The van der Waals surface area contributed by atoms with E-state index in [4.69, 9.17) is 9.15 Å². The lowest BCUT2D eigenvalue weighted by molar-refractivity contribution is -0.385. The van der Waals surface area contributed by atoms with Gasteiger partial charge in [-0.25, -0.2) is 13.8 Å². The lowest BCUT2D eigenvalue weighted by atomic mass is 10.0. The third-order valence-electron chi connectivity index (χ3n) is 4.25. The minimum Gasteiger partial charge on any atom is -0.490 e. The van der Waals surface area contributed by atoms with Gasteiger partial charge in [-0.1, -0.05) is 6.07 Å². The molecule has 3 aromatic carbocycles. The van der Waals surface area contributed by atoms with E-state index in [0.29, 0.717) is 22.2 Å². The minimum absolute atomic E-state index is 0.124. The Bertz CT molecular complexity index is 1220. The van der Waals surface area contributed by atoms with E-state index in [0.717, 1.165) is 6.07 Å². The summed E-state index contributed by atoms with van der Waals surface area (Å²) in [5.41, 5.74) is 1.79. The number of hydrogen-bond acceptors (Lipinski definition) is 5. The first-order chi connectivity index (χ1) is 13.5. The maximum absolute atomic E-state index is 14.0. The second-order valence-corrected chi connectivity index (χ2v) is 5.97. The zero-order chi connectivity index (χ0) is 19.8. The van der Waals surface area contributed by atoms with Gasteiger partial charge in [0.1, 0.15) is 17.2 Å². The van der Waals surface area contributed by atoms with Crippen LogP contribution in [0, 0.1) is 21.7 Å². The fraction of sp³-hybridized carbons (Fsp3) is 0.0500. The van der Waals surface area contributed by atoms with E-state index in [9.17, 15) is 18.9 Å². The van der Waals surface area contributed by atoms with E-state index in [2.05, 4.69) is 4.98 Å². The number of methoxy groups -OCH3 is 1. The quantitative estimate of drug-likeness (QED) is 0.351. The summed E-state index contributed by atoms with van der Waals surface area (Å²) >= 11 is 0. The Morgan fingerprint density at radius 1 is 1.04 bits per heavy atom. The Kier molecular flexibility index (Phi) is 4.23. The fourth-order valence-electron chi connectivity index (χ4n) is 2.91. The van der Waals surface area contributed by atoms with Gasteiger partial charge in [0, 0.05) is 23.3 Å². The van der Waals surface area contributed by atoms with Crippen LogP contribution in [0.25, 0.3) is 33.7 Å². The topological polar surface area (TPSA) is 78.4 Å². The van der Waals surface area contributed by atoms with Crippen LogP contribution in [-0.2, 0) is 0 Å². The third-order valence-corrected chi connectivity index (χ3v) is 4.25. The Balaban J connectivity index is 1.79. The van der Waals surface area contributed by atoms with Gasteiger partial charge in [0.15, 0.2) is 11.3 Å². The lowest BCUT2D eigenvalue weighted by Gasteiger charge is -2.03. The highest BCUT2D eigenvalue weighted by molar-refractivity contribution is 5.82. The monoisotopic (exact) mass is 382 g/mol. The summed E-state index contributed by atoms with van der Waals surface area (Å²) in [5, 5.41) is 11.2. The van der Waals surface area contributed by atoms with Gasteiger partial charge in [0.25, 0.3) is 0 Å². The number of oxazole rings is 1. The Labute approximate surface area is 157 Å². The van der Waals surface area contributed by atoms with Crippen LogP contribution >= 0.6 is 0 Å². The summed E-state index contributed by atoms with van der Waals surface area (Å²) < 4.78 is 37.8. The molecule has 0 radical (unpaired) electrons. The van der Waals surface area contributed by atoms with Crippen LogP contribution in [-0.4, -0.2) is 17.0 Å². The summed E-state index contributed by atoms with van der Waals surface area (Å²) in [6, 6.07) is 12.5. The van der Waals surface area contributed by atoms with E-state index in [-0.39, 0.29) is 22.9 Å². The highest BCUT2D eigenvalue weighted by Gasteiger charge is 2.18. The van der Waals surface area contributed by atoms with Crippen molar-refractivity contribution in [1.29, 1.82) is 0 Å². The number of rotatable bonds is 4. The molecule has 1 aromatic heterocycles. The summed E-state index contributed by atoms with van der Waals surface area (Å²) in [4.78, 5) is 15.0. The smallest absolute Gasteiger partial charge is 0.311 e. The average molecular weight is 382 g/mol. The molecule has 1 heterocycles. The Hall–Kier alpha value is -3.81. The van der Waals surface area contributed by atoms with Crippen molar-refractivity contribution < 1.29 is 22.9 Å². The summed E-state index contributed by atoms with van der Waals surface area (Å²) in [6.45, 7) is 0. The number of nitro benzene ring substituents is 1. The second-order valence-electron chi connectivity index (χ2n) is 5.97. The fourth-order valence-corrected chi connectivity index (χ4v) is 2.91. The molecule has 0 spiro atoms. The molecular weight excluding hydrogens is 370 g/mol. The second kappa shape index (κ2) is 6.73. The van der Waals surface area contributed by atoms with Gasteiger partial charge in [-0.3, -0.25) is 10.1 Å². The predicted octanol–water partition coefficient (Wildman–Crippen LogP) is 5.36. The van der Waals surface area contributed by atoms with Gasteiger partial charge in [-0.15, -0.1) is 0 Å². The predicted molar refractivity (Wildman–Crippen MR) is 98.0 cm³/mol. The number of fused-ring (bicyclic) bond motifs is 1. The number of ether oxygens (including phenoxy) is 1. The highest BCUT2D eigenvalue weighted by atomic mass is 19.1. The zero-order valence-electron chi connectivity index (χ0n) is 14.5. The lowest BCUT2D eigenvalue weighted by Crippen LogP contribution is -1.94. The Morgan fingerprint density at radius 2 is 1.82 bits per heavy atom. The largest absolute Gasteiger partial charge is 0.490 e. The van der Waals surface area contributed by atoms with Crippen molar-refractivity contribution in [2.45, 2.75) is 0 Å². The Morgan fingerprint density at radius 3 is 2.54 bits per heavy atom. The third kappa shape index (κ3) is 3.05. The van der Waals surface area contributed by atoms with Crippen molar-refractivity contribution in [3.05, 3.63) is 76.3 Å². The van der Waals surface area contributed by atoms with Crippen molar-refractivity contribution in [2.24, 2.45) is 0 Å². The van der Waals surface area contributed by atoms with Gasteiger partial charge in [0.05, 0.1) is 12.0 Å². The molecule has 6 nitrogen and oxygen atoms in total. The van der Waals surface area contributed by atoms with Gasteiger partial charge in [-0.05, 0) is 42.0 Å². The minimum atomic E-state index is -0.686. The molecule has 140 valence electrons. The normalized spacial score (nSPS) is 11.0. The van der Waals surface area contributed by atoms with Gasteiger partial charge in [-0.2, -0.15) is 0 Å². The molecule has 0 aliphatic rings. The highest BCUT2D eigenvalue weighted by Crippen LogP contribution is 2.34. The van der Waals surface area contributed by atoms with Crippen LogP contribution in [0.3, 0.4) is 0 Å². The molecule has 4 rings (SSSR count). The molecular formula is C20H12F2N2O4. The zero-order valence-corrected chi connectivity index (χ0v) is 14.5. The molecule has 0 fully saturated rings. The van der Waals surface area contributed by atoms with Crippen molar-refractivity contribution in [1.82, 2.24) is 4.98 Å². The van der Waals surface area contributed by atoms with E-state index in [1.165, 1.54) is 31.4 Å². The molecule has 8 heteroatoms. The molecule has 0 saturated heterocycles. The molecule has 0 saturated carbocycles. The molecule has 0 atom stereocenters. The number of hydrogen-bond donors (Lipinski definition) is 0. The molecule has 0 bridgehead atoms. The van der Waals surface area contributed by atoms with Crippen molar-refractivity contribution in [3.8, 4) is 28.3 Å². The average Bonchev–Trinajstić information content (AvgIpc) is 3.10. The maximum atomic E-state index is 14.0. The van der Waals surface area contributed by atoms with Gasteiger partial charge >= 0.3 is 5.69 Å². The maximum Gasteiger partial charge on any atom is 0.311 e. The summed E-state index contributed by atoms with van der Waals surface area (Å²) in [7, 11) is 1.34. The summed E-state index contributed by atoms with van der Waals surface area (Å²) in [6.07, 6.45) is 0. The number of aromatic nitrogens is 1. The van der Waals surface area contributed by atoms with Crippen molar-refractivity contribution >= 4 is 16.8 Å². The van der Waals surface area contributed by atoms with E-state index >= 15 is 0 Å². The molecule has 0 aliphatic carbocycles. The first-order valence-electron chi connectivity index (χ1n) is 8.15. The standard InChI is InChI=1S/C20H12F2N2O4/c1-27-19-7-3-12(9-17(19)24(25)26)20-23-16-8-11(2-6-18(16)28-20)14-5-4-13(21)10-15(14)22/h2-10H,1H3. The molecule has 0 aliphatic heterocycles. The first kappa shape index (κ1) is 17.6. The van der Waals surface area contributed by atoms with E-state index in [1.54, 1.807) is 24.3 Å². The first-order valence-corrected chi connectivity index (χ1v) is 8.15.